The van der Waals surface area contributed by atoms with Crippen LogP contribution in [-0.2, 0) is 9.84 Å². The smallest absolute Gasteiger partial charge is 0.228 e. The third-order valence-electron chi connectivity index (χ3n) is 1.42. The van der Waals surface area contributed by atoms with Crippen molar-refractivity contribution in [2.45, 2.75) is 0 Å². The van der Waals surface area contributed by atoms with Gasteiger partial charge in [-0.25, -0.2) is 8.42 Å². The van der Waals surface area contributed by atoms with Crippen molar-refractivity contribution in [1.29, 1.82) is 0 Å². The summed E-state index contributed by atoms with van der Waals surface area (Å²) in [5, 5.41) is 0. The van der Waals surface area contributed by atoms with Crippen LogP contribution in [0.4, 0.5) is 19.4 Å². The second-order valence-corrected chi connectivity index (χ2v) is 7.27. The van der Waals surface area contributed by atoms with Gasteiger partial charge in [-0.1, -0.05) is 19.4 Å². The molecule has 0 aromatic carbocycles. The molecule has 0 unspecified atom stereocenters. The van der Waals surface area contributed by atoms with Crippen LogP contribution in [0.1, 0.15) is 0 Å². The molecule has 13 heavy (non-hydrogen) atoms. The summed E-state index contributed by atoms with van der Waals surface area (Å²) in [5.41, 5.74) is 0. The molecule has 80 valence electrons. The molecule has 0 saturated heterocycles. The van der Waals surface area contributed by atoms with E-state index in [1.807, 2.05) is 0 Å². The van der Waals surface area contributed by atoms with Crippen molar-refractivity contribution in [3.63, 3.8) is 0 Å². The highest BCUT2D eigenvalue weighted by Gasteiger charge is 2.68. The Morgan fingerprint density at radius 3 is 1.77 bits per heavy atom. The second kappa shape index (κ2) is 1.88. The van der Waals surface area contributed by atoms with Crippen molar-refractivity contribution in [2.75, 3.05) is 11.5 Å². The maximum absolute atomic E-state index is 11.9. The van der Waals surface area contributed by atoms with E-state index in [1.54, 1.807) is 0 Å². The zero-order chi connectivity index (χ0) is 10.6. The summed E-state index contributed by atoms with van der Waals surface area (Å²) in [4.78, 5) is -2.19. The Labute approximate surface area is 71.1 Å². The molecule has 0 bridgehead atoms. The fourth-order valence-corrected chi connectivity index (χ4v) is 3.88. The van der Waals surface area contributed by atoms with Crippen LogP contribution in [0.2, 0.25) is 0 Å². The molecule has 1 rings (SSSR count). The van der Waals surface area contributed by atoms with Gasteiger partial charge in [-0.3, -0.25) is 0 Å². The van der Waals surface area contributed by atoms with E-state index in [9.17, 15) is 27.8 Å². The molecule has 0 aromatic heterocycles. The highest BCUT2D eigenvalue weighted by Crippen LogP contribution is 3.02. The highest BCUT2D eigenvalue weighted by atomic mass is 32.5. The summed E-state index contributed by atoms with van der Waals surface area (Å²) in [6.45, 7) is 0. The minimum Gasteiger partial charge on any atom is -0.228 e. The van der Waals surface area contributed by atoms with Gasteiger partial charge in [-0.05, 0) is 6.08 Å². The van der Waals surface area contributed by atoms with Gasteiger partial charge in [0.1, 0.15) is 0 Å². The number of hydrogen-bond donors (Lipinski definition) is 0. The summed E-state index contributed by atoms with van der Waals surface area (Å²) in [7, 11) is -13.7. The fraction of sp³-hybridized carbons (Fsp3) is 0.500. The first-order chi connectivity index (χ1) is 5.30. The summed E-state index contributed by atoms with van der Waals surface area (Å²) in [6.07, 6.45) is 0.0386. The van der Waals surface area contributed by atoms with E-state index in [2.05, 4.69) is 0 Å². The topological polar surface area (TPSA) is 34.1 Å². The summed E-state index contributed by atoms with van der Waals surface area (Å²) in [6, 6.07) is 0. The predicted molar refractivity (Wildman–Crippen MR) is 39.9 cm³/mol. The van der Waals surface area contributed by atoms with Gasteiger partial charge in [0.25, 0.3) is 0 Å². The third kappa shape index (κ3) is 2.56. The van der Waals surface area contributed by atoms with Gasteiger partial charge in [-0.15, -0.1) is 0 Å². The first-order valence-electron chi connectivity index (χ1n) is 2.94. The molecule has 0 amide bonds. The lowest BCUT2D eigenvalue weighted by molar-refractivity contribution is 0.378. The third-order valence-corrected chi connectivity index (χ3v) is 4.33. The van der Waals surface area contributed by atoms with Crippen LogP contribution in [-0.4, -0.2) is 19.9 Å². The van der Waals surface area contributed by atoms with Crippen molar-refractivity contribution in [3.8, 4) is 0 Å². The molecule has 0 atom stereocenters. The molecule has 0 fully saturated rings. The molecule has 0 N–H and O–H groups in total. The lowest BCUT2D eigenvalue weighted by Crippen LogP contribution is -2.13. The zero-order valence-electron chi connectivity index (χ0n) is 6.01. The molecule has 1 heterocycles. The lowest BCUT2D eigenvalue weighted by atomic mass is 10.6. The van der Waals surface area contributed by atoms with Crippen molar-refractivity contribution in [1.82, 2.24) is 0 Å². The van der Waals surface area contributed by atoms with Crippen LogP contribution >= 0.6 is 10.2 Å². The molecular weight excluding hydrogens is 239 g/mol. The minimum atomic E-state index is -9.73. The fourth-order valence-electron chi connectivity index (χ4n) is 0.823. The number of hydrogen-bond acceptors (Lipinski definition) is 2. The lowest BCUT2D eigenvalue weighted by Gasteiger charge is -2.41. The van der Waals surface area contributed by atoms with Crippen LogP contribution in [0.5, 0.6) is 0 Å². The van der Waals surface area contributed by atoms with Gasteiger partial charge in [0.2, 0.25) is 0 Å². The molecular formula is C4H5F5O2S2. The van der Waals surface area contributed by atoms with Crippen LogP contribution < -0.4 is 0 Å². The second-order valence-electron chi connectivity index (χ2n) is 2.69. The number of halogens is 5. The SMILES string of the molecule is O=S1(=O)CC=C(S(F)(F)(F)(F)F)C1. The first-order valence-corrected chi connectivity index (χ1v) is 6.71. The van der Waals surface area contributed by atoms with Gasteiger partial charge in [0.05, 0.1) is 16.4 Å². The minimum absolute atomic E-state index is 0.0386. The van der Waals surface area contributed by atoms with Crippen LogP contribution in [0.3, 0.4) is 0 Å². The largest absolute Gasteiger partial charge is 0.307 e. The van der Waals surface area contributed by atoms with Gasteiger partial charge in [0, 0.05) is 0 Å². The van der Waals surface area contributed by atoms with Gasteiger partial charge in [0.15, 0.2) is 9.84 Å². The average Bonchev–Trinajstić information content (AvgIpc) is 2.03. The van der Waals surface area contributed by atoms with Gasteiger partial charge < -0.3 is 0 Å². The first kappa shape index (κ1) is 10.8. The van der Waals surface area contributed by atoms with Crippen molar-refractivity contribution in [2.24, 2.45) is 0 Å². The molecule has 0 aliphatic carbocycles. The Hall–Kier alpha value is -0.310. The maximum Gasteiger partial charge on any atom is 0.307 e. The molecule has 0 radical (unpaired) electrons. The summed E-state index contributed by atoms with van der Waals surface area (Å²) >= 11 is 0. The van der Waals surface area contributed by atoms with Crippen LogP contribution in [0, 0.1) is 0 Å². The van der Waals surface area contributed by atoms with Gasteiger partial charge >= 0.3 is 10.2 Å². The Balaban J connectivity index is 3.18. The Morgan fingerprint density at radius 1 is 1.15 bits per heavy atom. The van der Waals surface area contributed by atoms with E-state index in [4.69, 9.17) is 0 Å². The molecule has 0 aromatic rings. The Bertz CT molecular complexity index is 373. The average molecular weight is 244 g/mol. The maximum atomic E-state index is 11.9. The highest BCUT2D eigenvalue weighted by molar-refractivity contribution is 8.49. The van der Waals surface area contributed by atoms with E-state index in [-0.39, 0.29) is 6.08 Å². The zero-order valence-corrected chi connectivity index (χ0v) is 7.65. The number of rotatable bonds is 1. The molecule has 0 saturated carbocycles. The monoisotopic (exact) mass is 244 g/mol. The van der Waals surface area contributed by atoms with Crippen molar-refractivity contribution < 1.29 is 27.8 Å². The van der Waals surface area contributed by atoms with E-state index >= 15 is 0 Å². The molecule has 0 spiro atoms. The molecule has 9 heteroatoms. The number of sulfone groups is 1. The summed E-state index contributed by atoms with van der Waals surface area (Å²) < 4.78 is 80.7. The molecule has 1 aliphatic heterocycles. The van der Waals surface area contributed by atoms with E-state index < -0.39 is 36.5 Å². The quantitative estimate of drug-likeness (QED) is 0.664. The molecule has 1 aliphatic rings. The molecule has 2 nitrogen and oxygen atoms in total. The Kier molecular flexibility index (Phi) is 1.55. The van der Waals surface area contributed by atoms with Crippen LogP contribution in [0.25, 0.3) is 0 Å². The predicted octanol–water partition coefficient (Wildman–Crippen LogP) is 2.60. The normalized spacial score (nSPS) is 27.6. The van der Waals surface area contributed by atoms with Crippen LogP contribution in [0.15, 0.2) is 11.0 Å². The van der Waals surface area contributed by atoms with Gasteiger partial charge in [-0.2, -0.15) is 0 Å². The Morgan fingerprint density at radius 2 is 1.62 bits per heavy atom. The standard InChI is InChI=1S/C4H5F5O2S2/c5-13(6,7,8,9)4-1-2-12(10,11)3-4/h1H,2-3H2. The van der Waals surface area contributed by atoms with E-state index in [1.165, 1.54) is 0 Å². The van der Waals surface area contributed by atoms with Crippen molar-refractivity contribution >= 4 is 20.1 Å². The van der Waals surface area contributed by atoms with E-state index in [0.29, 0.717) is 0 Å². The van der Waals surface area contributed by atoms with E-state index in [0.717, 1.165) is 0 Å². The summed E-state index contributed by atoms with van der Waals surface area (Å²) in [5.74, 6) is -2.57. The van der Waals surface area contributed by atoms with Crippen molar-refractivity contribution in [3.05, 3.63) is 11.0 Å².